The quantitative estimate of drug-likeness (QED) is 0.592. The van der Waals surface area contributed by atoms with Gasteiger partial charge >= 0.3 is 0 Å². The monoisotopic (exact) mass is 219 g/mol. The van der Waals surface area contributed by atoms with Crippen molar-refractivity contribution in [3.63, 3.8) is 0 Å². The average Bonchev–Trinajstić information content (AvgIpc) is 2.14. The summed E-state index contributed by atoms with van der Waals surface area (Å²) in [5, 5.41) is 10.3. The first-order chi connectivity index (χ1) is 7.62. The van der Waals surface area contributed by atoms with E-state index < -0.39 is 21.9 Å². The van der Waals surface area contributed by atoms with Crippen molar-refractivity contribution in [1.29, 1.82) is 0 Å². The molecular formula is C7H8N2O4S. The number of rotatable bonds is 3. The van der Waals surface area contributed by atoms with E-state index in [0.717, 1.165) is 24.3 Å². The Morgan fingerprint density at radius 1 is 1.43 bits per heavy atom. The Bertz CT molecular complexity index is 523. The molecule has 0 radical (unpaired) electrons. The van der Waals surface area contributed by atoms with Crippen LogP contribution in [0.3, 0.4) is 0 Å². The van der Waals surface area contributed by atoms with E-state index in [1.165, 1.54) is 4.72 Å². The smallest absolute Gasteiger partial charge is 0.258 e. The first-order valence-electron chi connectivity index (χ1n) is 4.90. The zero-order valence-corrected chi connectivity index (χ0v) is 7.61. The molecule has 6 nitrogen and oxygen atoms in total. The van der Waals surface area contributed by atoms with Gasteiger partial charge in [-0.3, -0.25) is 10.1 Å². The summed E-state index contributed by atoms with van der Waals surface area (Å²) >= 11 is 0. The van der Waals surface area contributed by atoms with Crippen LogP contribution in [0, 0.1) is 10.1 Å². The number of nitrogens with zero attached hydrogens (tertiary/aromatic N) is 1. The maximum absolute atomic E-state index is 11.5. The fraction of sp³-hybridized carbons (Fsp3) is 0.143. The maximum atomic E-state index is 11.5. The summed E-state index contributed by atoms with van der Waals surface area (Å²) < 4.78 is 44.8. The third kappa shape index (κ3) is 2.06. The van der Waals surface area contributed by atoms with Gasteiger partial charge in [-0.05, 0) is 19.1 Å². The van der Waals surface area contributed by atoms with Gasteiger partial charge in [0.15, 0.2) is 0 Å². The van der Waals surface area contributed by atoms with Crippen LogP contribution in [0.1, 0.15) is 4.11 Å². The van der Waals surface area contributed by atoms with Gasteiger partial charge in [-0.2, -0.15) is 0 Å². The third-order valence-electron chi connectivity index (χ3n) is 1.49. The van der Waals surface area contributed by atoms with Crippen LogP contribution in [0.15, 0.2) is 29.2 Å². The molecule has 76 valence electrons. The van der Waals surface area contributed by atoms with Gasteiger partial charge in [0.05, 0.1) is 9.82 Å². The van der Waals surface area contributed by atoms with Crippen LogP contribution in [0.4, 0.5) is 5.69 Å². The lowest BCUT2D eigenvalue weighted by Gasteiger charge is -2.00. The van der Waals surface area contributed by atoms with Gasteiger partial charge in [0.2, 0.25) is 10.0 Å². The van der Waals surface area contributed by atoms with Crippen LogP contribution in [-0.2, 0) is 10.0 Å². The van der Waals surface area contributed by atoms with Crippen LogP contribution in [0.25, 0.3) is 0 Å². The Hall–Kier alpha value is -1.47. The fourth-order valence-electron chi connectivity index (χ4n) is 0.806. The van der Waals surface area contributed by atoms with Crippen molar-refractivity contribution in [1.82, 2.24) is 4.72 Å². The van der Waals surface area contributed by atoms with Crippen LogP contribution >= 0.6 is 0 Å². The number of hydrogen-bond donors (Lipinski definition) is 1. The Labute approximate surface area is 85.0 Å². The molecule has 0 fully saturated rings. The van der Waals surface area contributed by atoms with Crippen molar-refractivity contribution >= 4 is 15.7 Å². The van der Waals surface area contributed by atoms with Crippen molar-refractivity contribution in [2.45, 2.75) is 4.90 Å². The summed E-state index contributed by atoms with van der Waals surface area (Å²) in [5.74, 6) is 0. The Balaban J connectivity index is 3.05. The minimum absolute atomic E-state index is 0.280. The van der Waals surface area contributed by atoms with Crippen molar-refractivity contribution in [2.75, 3.05) is 6.98 Å². The number of nitrogens with one attached hydrogen (secondary N) is 1. The normalized spacial score (nSPS) is 15.3. The Kier molecular flexibility index (Phi) is 1.84. The van der Waals surface area contributed by atoms with Gasteiger partial charge < -0.3 is 0 Å². The summed E-state index contributed by atoms with van der Waals surface area (Å²) in [7, 11) is -4.20. The molecule has 0 atom stereocenters. The van der Waals surface area contributed by atoms with E-state index in [0.29, 0.717) is 0 Å². The molecule has 1 N–H and O–H groups in total. The lowest BCUT2D eigenvalue weighted by Crippen LogP contribution is -2.18. The van der Waals surface area contributed by atoms with Crippen molar-refractivity contribution in [3.05, 3.63) is 34.4 Å². The van der Waals surface area contributed by atoms with Gasteiger partial charge in [0.1, 0.15) is 0 Å². The molecule has 0 amide bonds. The molecule has 0 aliphatic carbocycles. The van der Waals surface area contributed by atoms with Crippen LogP contribution in [0.2, 0.25) is 0 Å². The van der Waals surface area contributed by atoms with E-state index in [4.69, 9.17) is 4.11 Å². The topological polar surface area (TPSA) is 89.3 Å². The molecule has 0 spiro atoms. The fourth-order valence-corrected chi connectivity index (χ4v) is 1.42. The minimum atomic E-state index is -4.20. The number of non-ortho nitro benzene ring substituents is 1. The van der Waals surface area contributed by atoms with E-state index in [1.807, 2.05) is 0 Å². The molecule has 0 saturated heterocycles. The second-order valence-corrected chi connectivity index (χ2v) is 4.04. The number of benzene rings is 1. The zero-order valence-electron chi connectivity index (χ0n) is 9.80. The SMILES string of the molecule is [2H]C([2H])([2H])NS(=O)(=O)c1ccc([N+](=O)[O-])cc1. The number of nitro benzene ring substituents is 1. The number of nitro groups is 1. The molecule has 0 saturated carbocycles. The third-order valence-corrected chi connectivity index (χ3v) is 2.65. The highest BCUT2D eigenvalue weighted by atomic mass is 32.2. The van der Waals surface area contributed by atoms with Crippen molar-refractivity contribution in [2.24, 2.45) is 0 Å². The van der Waals surface area contributed by atoms with Crippen molar-refractivity contribution < 1.29 is 17.5 Å². The van der Waals surface area contributed by atoms with Crippen LogP contribution in [0.5, 0.6) is 0 Å². The molecule has 1 aromatic rings. The van der Waals surface area contributed by atoms with Gasteiger partial charge in [0.25, 0.3) is 5.69 Å². The predicted molar refractivity (Wildman–Crippen MR) is 49.3 cm³/mol. The molecule has 0 unspecified atom stereocenters. The first-order valence-corrected chi connectivity index (χ1v) is 4.88. The summed E-state index contributed by atoms with van der Waals surface area (Å²) in [4.78, 5) is 9.31. The van der Waals surface area contributed by atoms with Gasteiger partial charge in [0, 0.05) is 16.2 Å². The first kappa shape index (κ1) is 6.91. The summed E-state index contributed by atoms with van der Waals surface area (Å²) in [6.45, 7) is -2.85. The molecule has 1 rings (SSSR count). The van der Waals surface area contributed by atoms with Gasteiger partial charge in [-0.15, -0.1) is 0 Å². The molecule has 0 bridgehead atoms. The molecule has 1 aromatic carbocycles. The summed E-state index contributed by atoms with van der Waals surface area (Å²) in [5.41, 5.74) is -0.280. The number of hydrogen-bond acceptors (Lipinski definition) is 4. The van der Waals surface area contributed by atoms with Crippen LogP contribution < -0.4 is 4.72 Å². The van der Waals surface area contributed by atoms with E-state index >= 15 is 0 Å². The largest absolute Gasteiger partial charge is 0.269 e. The molecule has 0 aliphatic rings. The maximum Gasteiger partial charge on any atom is 0.269 e. The van der Waals surface area contributed by atoms with Gasteiger partial charge in [-0.25, -0.2) is 13.1 Å². The highest BCUT2D eigenvalue weighted by Crippen LogP contribution is 2.14. The lowest BCUT2D eigenvalue weighted by atomic mass is 10.3. The molecule has 0 heterocycles. The summed E-state index contributed by atoms with van der Waals surface area (Å²) in [6, 6.07) is 3.89. The van der Waals surface area contributed by atoms with Crippen molar-refractivity contribution in [3.8, 4) is 0 Å². The minimum Gasteiger partial charge on any atom is -0.258 e. The molecular weight excluding hydrogens is 208 g/mol. The number of sulfonamides is 1. The highest BCUT2D eigenvalue weighted by Gasteiger charge is 2.12. The average molecular weight is 219 g/mol. The van der Waals surface area contributed by atoms with Crippen LogP contribution in [-0.4, -0.2) is 20.3 Å². The molecule has 14 heavy (non-hydrogen) atoms. The van der Waals surface area contributed by atoms with E-state index in [1.54, 1.807) is 0 Å². The predicted octanol–water partition coefficient (Wildman–Crippen LogP) is 0.503. The standard InChI is InChI=1S/C7H8N2O4S/c1-8-14(12,13)7-4-2-6(3-5-7)9(10)11/h2-5,8H,1H3/i1D3. The Morgan fingerprint density at radius 3 is 2.43 bits per heavy atom. The zero-order chi connectivity index (χ0) is 13.3. The molecule has 7 heteroatoms. The second kappa shape index (κ2) is 3.72. The summed E-state index contributed by atoms with van der Waals surface area (Å²) in [6.07, 6.45) is 0. The lowest BCUT2D eigenvalue weighted by molar-refractivity contribution is -0.384. The highest BCUT2D eigenvalue weighted by molar-refractivity contribution is 7.89. The van der Waals surface area contributed by atoms with E-state index in [-0.39, 0.29) is 10.6 Å². The second-order valence-electron chi connectivity index (χ2n) is 2.36. The van der Waals surface area contributed by atoms with Gasteiger partial charge in [-0.1, -0.05) is 0 Å². The van der Waals surface area contributed by atoms with E-state index in [2.05, 4.69) is 0 Å². The Morgan fingerprint density at radius 2 is 2.00 bits per heavy atom. The molecule has 0 aliphatic heterocycles. The van der Waals surface area contributed by atoms with E-state index in [9.17, 15) is 18.5 Å². The molecule has 0 aromatic heterocycles.